The van der Waals surface area contributed by atoms with Crippen molar-refractivity contribution in [3.63, 3.8) is 0 Å². The Bertz CT molecular complexity index is 1990. The lowest BCUT2D eigenvalue weighted by atomic mass is 10.0. The fourth-order valence-electron chi connectivity index (χ4n) is 8.93. The van der Waals surface area contributed by atoms with Crippen molar-refractivity contribution in [3.05, 3.63) is 29.6 Å². The van der Waals surface area contributed by atoms with Gasteiger partial charge in [0.25, 0.3) is 0 Å². The van der Waals surface area contributed by atoms with Crippen molar-refractivity contribution >= 4 is 0 Å². The molecule has 0 radical (unpaired) electrons. The van der Waals surface area contributed by atoms with Crippen LogP contribution in [0.2, 0.25) is 0 Å². The summed E-state index contributed by atoms with van der Waals surface area (Å²) in [5, 5.41) is 0. The van der Waals surface area contributed by atoms with Crippen molar-refractivity contribution in [2.45, 2.75) is 33.1 Å². The van der Waals surface area contributed by atoms with E-state index in [-0.39, 0.29) is 24.1 Å². The summed E-state index contributed by atoms with van der Waals surface area (Å²) in [6.07, 6.45) is 1.01. The molecule has 37 heteroatoms. The number of benzene rings is 1. The van der Waals surface area contributed by atoms with E-state index < -0.39 is 0 Å². The van der Waals surface area contributed by atoms with Gasteiger partial charge in [-0.2, -0.15) is 0 Å². The molecule has 1 rings (SSSR count). The lowest BCUT2D eigenvalue weighted by Crippen LogP contribution is -2.16. The maximum Gasteiger partial charge on any atom is 0.165 e. The van der Waals surface area contributed by atoms with E-state index >= 15 is 0 Å². The molecule has 0 aliphatic rings. The molecule has 1 aromatic rings. The summed E-state index contributed by atoms with van der Waals surface area (Å²) >= 11 is 0. The third-order valence-electron chi connectivity index (χ3n) is 15.1. The molecule has 0 saturated carbocycles. The van der Waals surface area contributed by atoms with Gasteiger partial charge in [0.2, 0.25) is 0 Å². The van der Waals surface area contributed by atoms with Crippen molar-refractivity contribution in [2.24, 2.45) is 0 Å². The van der Waals surface area contributed by atoms with Crippen LogP contribution in [0.5, 0.6) is 5.75 Å². The van der Waals surface area contributed by atoms with Crippen molar-refractivity contribution in [1.29, 1.82) is 0 Å². The Balaban J connectivity index is 1.59. The Morgan fingerprint density at radius 2 is 0.277 bits per heavy atom. The molecule has 0 aliphatic carbocycles. The van der Waals surface area contributed by atoms with Crippen molar-refractivity contribution in [1.82, 2.24) is 0 Å². The summed E-state index contributed by atoms with van der Waals surface area (Å²) in [5.74, 6) is 0.133. The van der Waals surface area contributed by atoms with E-state index in [1.54, 1.807) is 6.07 Å². The number of hydrogen-bond acceptors (Lipinski definition) is 36. The molecule has 0 bridgehead atoms. The van der Waals surface area contributed by atoms with E-state index in [1.807, 2.05) is 19.9 Å². The predicted octanol–water partition coefficient (Wildman–Crippen LogP) is 4.32. The van der Waals surface area contributed by atoms with Crippen LogP contribution in [0.3, 0.4) is 0 Å². The van der Waals surface area contributed by atoms with Gasteiger partial charge < -0.3 is 171 Å². The van der Waals surface area contributed by atoms with E-state index in [0.29, 0.717) is 456 Å². The van der Waals surface area contributed by atoms with Gasteiger partial charge in [0.15, 0.2) is 11.6 Å². The van der Waals surface area contributed by atoms with Gasteiger partial charge in [-0.05, 0) is 30.0 Å². The molecule has 708 valence electrons. The molecule has 0 aliphatic heterocycles. The highest BCUT2D eigenvalue weighted by Gasteiger charge is 2.09. The molecule has 0 aromatic heterocycles. The molecule has 0 unspecified atom stereocenters. The minimum Gasteiger partial charge on any atom is -0.488 e. The number of halogens is 1. The van der Waals surface area contributed by atoms with Gasteiger partial charge in [-0.3, -0.25) is 0 Å². The second kappa shape index (κ2) is 104. The second-order valence-corrected chi connectivity index (χ2v) is 25.1. The highest BCUT2D eigenvalue weighted by Crippen LogP contribution is 2.23. The zero-order valence-electron chi connectivity index (χ0n) is 72.8. The minimum absolute atomic E-state index is 0.232. The first-order valence-electron chi connectivity index (χ1n) is 42.8. The summed E-state index contributed by atoms with van der Waals surface area (Å²) in [6.45, 7) is 40.4. The van der Waals surface area contributed by atoms with Gasteiger partial charge >= 0.3 is 0 Å². The first-order chi connectivity index (χ1) is 59.1. The Morgan fingerprint density at radius 3 is 0.378 bits per heavy atom. The Labute approximate surface area is 709 Å². The van der Waals surface area contributed by atoms with Gasteiger partial charge in [-0.15, -0.1) is 0 Å². The van der Waals surface area contributed by atoms with Gasteiger partial charge in [0.05, 0.1) is 456 Å². The van der Waals surface area contributed by atoms with E-state index in [1.165, 1.54) is 6.07 Å². The first kappa shape index (κ1) is 115. The van der Waals surface area contributed by atoms with Gasteiger partial charge in [-0.1, -0.05) is 26.8 Å². The molecular weight excluding hydrogens is 1580 g/mol. The quantitative estimate of drug-likeness (QED) is 0.0820. The van der Waals surface area contributed by atoms with Crippen LogP contribution in [0, 0.1) is 5.82 Å². The standard InChI is InChI=1S/C82H157FO36/c1-4-7-84-8-9-85-10-11-86-12-13-87-14-15-88-16-17-89-18-19-90-20-21-91-22-23-92-24-25-93-26-27-94-28-29-95-30-31-96-32-33-97-34-35-98-36-37-99-38-39-100-40-41-101-42-43-102-44-45-103-46-47-104-48-49-105-50-51-106-52-53-107-54-55-108-56-57-109-58-59-110-60-61-111-62-63-112-64-65-113-66-67-114-68-69-115-70-71-116-72-73-117-74-75-118-76-77-119-82-6-5-80(79(2)3)78-81(82)83/h5-6,78-79H,4,7-77H2,1-3H3. The van der Waals surface area contributed by atoms with Crippen LogP contribution < -0.4 is 4.74 Å². The maximum absolute atomic E-state index is 14.1. The Morgan fingerprint density at radius 1 is 0.168 bits per heavy atom. The molecule has 0 N–H and O–H groups in total. The lowest BCUT2D eigenvalue weighted by molar-refractivity contribution is -0.0327. The molecule has 0 spiro atoms. The predicted molar refractivity (Wildman–Crippen MR) is 435 cm³/mol. The van der Waals surface area contributed by atoms with Crippen LogP contribution >= 0.6 is 0 Å². The monoisotopic (exact) mass is 1740 g/mol. The molecule has 0 amide bonds. The summed E-state index contributed by atoms with van der Waals surface area (Å²) in [5.41, 5.74) is 0.937. The zero-order chi connectivity index (χ0) is 84.8. The van der Waals surface area contributed by atoms with Crippen LogP contribution in [0.1, 0.15) is 38.7 Å². The smallest absolute Gasteiger partial charge is 0.165 e. The summed E-state index contributed by atoms with van der Waals surface area (Å²) in [7, 11) is 0. The maximum atomic E-state index is 14.1. The third kappa shape index (κ3) is 97.6. The topological polar surface area (TPSA) is 332 Å². The molecule has 0 fully saturated rings. The highest BCUT2D eigenvalue weighted by molar-refractivity contribution is 5.30. The van der Waals surface area contributed by atoms with Crippen LogP contribution in [0.4, 0.5) is 4.39 Å². The highest BCUT2D eigenvalue weighted by atomic mass is 19.1. The fourth-order valence-corrected chi connectivity index (χ4v) is 8.93. The number of rotatable bonds is 109. The van der Waals surface area contributed by atoms with E-state index in [2.05, 4.69) is 6.92 Å². The van der Waals surface area contributed by atoms with Crippen LogP contribution in [0.15, 0.2) is 18.2 Å². The van der Waals surface area contributed by atoms with Crippen LogP contribution in [-0.2, 0) is 166 Å². The summed E-state index contributed by atoms with van der Waals surface area (Å²) in [6, 6.07) is 5.04. The lowest BCUT2D eigenvalue weighted by Gasteiger charge is -2.11. The van der Waals surface area contributed by atoms with E-state index in [0.717, 1.165) is 18.6 Å². The SMILES string of the molecule is CCCOCCOCCOCCOCCOCCOCCOCCOCCOCCOCCOCCOCCOCCOCCOCCOCCOCCOCCOCCOCCOCCOCCOCCOCCOCCOCCOCCOCCOCCOCCOCCOCCOCCOCCOCCOc1ccc(C(C)C)cc1F. The van der Waals surface area contributed by atoms with Crippen LogP contribution in [-0.4, -0.2) is 469 Å². The molecule has 36 nitrogen and oxygen atoms in total. The molecular formula is C82H157FO36. The molecule has 0 atom stereocenters. The van der Waals surface area contributed by atoms with E-state index in [4.69, 9.17) is 171 Å². The normalized spacial score (nSPS) is 11.8. The second-order valence-electron chi connectivity index (χ2n) is 25.1. The summed E-state index contributed by atoms with van der Waals surface area (Å²) < 4.78 is 213. The minimum atomic E-state index is -0.359. The van der Waals surface area contributed by atoms with Gasteiger partial charge in [0, 0.05) is 6.61 Å². The molecule has 119 heavy (non-hydrogen) atoms. The van der Waals surface area contributed by atoms with Gasteiger partial charge in [-0.25, -0.2) is 4.39 Å². The number of hydrogen-bond donors (Lipinski definition) is 0. The third-order valence-corrected chi connectivity index (χ3v) is 15.1. The van der Waals surface area contributed by atoms with Crippen molar-refractivity contribution in [3.8, 4) is 5.75 Å². The number of ether oxygens (including phenoxy) is 36. The molecule has 0 heterocycles. The average molecular weight is 1740 g/mol. The summed E-state index contributed by atoms with van der Waals surface area (Å²) in [4.78, 5) is 0. The fraction of sp³-hybridized carbons (Fsp3) is 0.927. The Kier molecular flexibility index (Phi) is 100. The first-order valence-corrected chi connectivity index (χ1v) is 42.8. The van der Waals surface area contributed by atoms with Crippen molar-refractivity contribution in [2.75, 3.05) is 469 Å². The Hall–Kier alpha value is -2.45. The van der Waals surface area contributed by atoms with Gasteiger partial charge in [0.1, 0.15) is 6.61 Å². The van der Waals surface area contributed by atoms with Crippen molar-refractivity contribution < 1.29 is 175 Å². The average Bonchev–Trinajstić information content (AvgIpc) is 0.865. The molecule has 0 saturated heterocycles. The van der Waals surface area contributed by atoms with Crippen LogP contribution in [0.25, 0.3) is 0 Å². The largest absolute Gasteiger partial charge is 0.488 e. The molecule has 1 aromatic carbocycles. The zero-order valence-corrected chi connectivity index (χ0v) is 72.8. The van der Waals surface area contributed by atoms with E-state index in [9.17, 15) is 4.39 Å².